The van der Waals surface area contributed by atoms with E-state index in [9.17, 15) is 9.59 Å². The maximum atomic E-state index is 13.1. The summed E-state index contributed by atoms with van der Waals surface area (Å²) in [6, 6.07) is 0. The molecule has 0 heterocycles. The summed E-state index contributed by atoms with van der Waals surface area (Å²) in [5.74, 6) is -0.00185. The monoisotopic (exact) mass is 748 g/mol. The molecule has 0 rings (SSSR count). The molecule has 5 nitrogen and oxygen atoms in total. The van der Waals surface area contributed by atoms with Gasteiger partial charge in [-0.15, -0.1) is 0 Å². The Morgan fingerprint density at radius 3 is 1.00 bits per heavy atom. The number of alkyl halides is 1. The van der Waals surface area contributed by atoms with Crippen molar-refractivity contribution in [1.82, 2.24) is 4.90 Å². The summed E-state index contributed by atoms with van der Waals surface area (Å²) in [5, 5.41) is 0. The highest BCUT2D eigenvalue weighted by Gasteiger charge is 2.22. The predicted octanol–water partition coefficient (Wildman–Crippen LogP) is 13.8. The molecule has 0 bridgehead atoms. The second-order valence-corrected chi connectivity index (χ2v) is 14.5. The molecule has 0 aromatic carbocycles. The van der Waals surface area contributed by atoms with Gasteiger partial charge in [0.15, 0.2) is 0 Å². The molecule has 0 fully saturated rings. The SMILES string of the molecule is CC.CC.CCCCCCCCC(CCCCCC)C(=O)OCCN(CCOC(=O)C(CCCCCC)CCCCCCCC)C(C)Br. The van der Waals surface area contributed by atoms with Crippen molar-refractivity contribution in [2.45, 2.75) is 221 Å². The number of esters is 2. The maximum Gasteiger partial charge on any atom is 0.308 e. The van der Waals surface area contributed by atoms with E-state index >= 15 is 0 Å². The molecule has 0 aliphatic heterocycles. The van der Waals surface area contributed by atoms with Gasteiger partial charge in [-0.1, -0.05) is 200 Å². The smallest absolute Gasteiger partial charge is 0.308 e. The van der Waals surface area contributed by atoms with E-state index in [1.165, 1.54) is 103 Å². The third kappa shape index (κ3) is 33.9. The lowest BCUT2D eigenvalue weighted by molar-refractivity contribution is -0.150. The fourth-order valence-corrected chi connectivity index (χ4v) is 6.38. The van der Waals surface area contributed by atoms with Crippen molar-refractivity contribution in [2.75, 3.05) is 26.3 Å². The van der Waals surface area contributed by atoms with Crippen LogP contribution in [-0.2, 0) is 19.1 Å². The minimum absolute atomic E-state index is 0.0229. The number of ether oxygens (including phenoxy) is 2. The Morgan fingerprint density at radius 2 is 0.729 bits per heavy atom. The van der Waals surface area contributed by atoms with Crippen LogP contribution in [0.4, 0.5) is 0 Å². The van der Waals surface area contributed by atoms with Crippen molar-refractivity contribution in [2.24, 2.45) is 11.8 Å². The van der Waals surface area contributed by atoms with Gasteiger partial charge < -0.3 is 9.47 Å². The van der Waals surface area contributed by atoms with Crippen molar-refractivity contribution < 1.29 is 19.1 Å². The van der Waals surface area contributed by atoms with Crippen molar-refractivity contribution in [1.29, 1.82) is 0 Å². The van der Waals surface area contributed by atoms with E-state index in [1.807, 2.05) is 27.7 Å². The van der Waals surface area contributed by atoms with Crippen LogP contribution in [0.2, 0.25) is 0 Å². The summed E-state index contributed by atoms with van der Waals surface area (Å²) < 4.78 is 11.7. The van der Waals surface area contributed by atoms with Gasteiger partial charge in [0.1, 0.15) is 13.2 Å². The second-order valence-electron chi connectivity index (χ2n) is 13.2. The Bertz CT molecular complexity index is 595. The molecular weight excluding hydrogens is 662 g/mol. The van der Waals surface area contributed by atoms with Crippen LogP contribution >= 0.6 is 15.9 Å². The van der Waals surface area contributed by atoms with Crippen LogP contribution in [0.25, 0.3) is 0 Å². The zero-order valence-corrected chi connectivity index (χ0v) is 35.6. The fraction of sp³-hybridized carbons (Fsp3) is 0.952. The number of hydrogen-bond acceptors (Lipinski definition) is 5. The normalized spacial score (nSPS) is 12.7. The van der Waals surface area contributed by atoms with Crippen molar-refractivity contribution in [3.8, 4) is 0 Å². The summed E-state index contributed by atoms with van der Waals surface area (Å²) in [6.07, 6.45) is 28.2. The van der Waals surface area contributed by atoms with E-state index in [0.717, 1.165) is 51.4 Å². The molecule has 0 aromatic rings. The number of nitrogens with zero attached hydrogens (tertiary/aromatic N) is 1. The van der Waals surface area contributed by atoms with Crippen LogP contribution in [0.1, 0.15) is 216 Å². The van der Waals surface area contributed by atoms with Gasteiger partial charge in [0.2, 0.25) is 0 Å². The third-order valence-corrected chi connectivity index (χ3v) is 9.62. The summed E-state index contributed by atoms with van der Waals surface area (Å²) in [4.78, 5) is 28.4. The van der Waals surface area contributed by atoms with E-state index < -0.39 is 0 Å². The average Bonchev–Trinajstić information content (AvgIpc) is 3.10. The average molecular weight is 749 g/mol. The summed E-state index contributed by atoms with van der Waals surface area (Å²) in [6.45, 7) is 21.0. The van der Waals surface area contributed by atoms with Crippen molar-refractivity contribution in [3.63, 3.8) is 0 Å². The minimum Gasteiger partial charge on any atom is -0.464 e. The largest absolute Gasteiger partial charge is 0.464 e. The lowest BCUT2D eigenvalue weighted by Gasteiger charge is -2.26. The van der Waals surface area contributed by atoms with E-state index in [4.69, 9.17) is 9.47 Å². The lowest BCUT2D eigenvalue weighted by Crippen LogP contribution is -2.36. The lowest BCUT2D eigenvalue weighted by atomic mass is 9.94. The third-order valence-electron chi connectivity index (χ3n) is 9.04. The highest BCUT2D eigenvalue weighted by molar-refractivity contribution is 9.09. The predicted molar refractivity (Wildman–Crippen MR) is 215 cm³/mol. The van der Waals surface area contributed by atoms with Gasteiger partial charge in [0.25, 0.3) is 0 Å². The first-order valence-corrected chi connectivity index (χ1v) is 22.0. The molecule has 0 N–H and O–H groups in total. The molecule has 0 aromatic heterocycles. The Hall–Kier alpha value is -0.620. The Morgan fingerprint density at radius 1 is 0.479 bits per heavy atom. The minimum atomic E-state index is -0.0238. The van der Waals surface area contributed by atoms with Gasteiger partial charge in [-0.05, 0) is 32.6 Å². The van der Waals surface area contributed by atoms with Crippen LogP contribution in [0.3, 0.4) is 0 Å². The Balaban J connectivity index is -0.00000486. The zero-order chi connectivity index (χ0) is 36.7. The topological polar surface area (TPSA) is 55.8 Å². The molecule has 0 amide bonds. The van der Waals surface area contributed by atoms with Crippen LogP contribution < -0.4 is 0 Å². The summed E-state index contributed by atoms with van der Waals surface area (Å²) >= 11 is 3.70. The van der Waals surface area contributed by atoms with Crippen LogP contribution in [0.15, 0.2) is 0 Å². The van der Waals surface area contributed by atoms with Gasteiger partial charge in [0.05, 0.1) is 16.8 Å². The second kappa shape index (κ2) is 42.5. The van der Waals surface area contributed by atoms with E-state index in [-0.39, 0.29) is 28.7 Å². The molecule has 0 spiro atoms. The maximum absolute atomic E-state index is 13.1. The summed E-state index contributed by atoms with van der Waals surface area (Å²) in [7, 11) is 0. The number of carbonyl (C=O) groups excluding carboxylic acids is 2. The first kappa shape index (κ1) is 51.7. The number of unbranched alkanes of at least 4 members (excludes halogenated alkanes) is 16. The number of rotatable bonds is 33. The molecule has 3 atom stereocenters. The van der Waals surface area contributed by atoms with Gasteiger partial charge >= 0.3 is 11.9 Å². The molecule has 0 saturated heterocycles. The Labute approximate surface area is 310 Å². The molecule has 0 radical (unpaired) electrons. The molecule has 0 saturated carbocycles. The first-order chi connectivity index (χ1) is 23.4. The van der Waals surface area contributed by atoms with Crippen molar-refractivity contribution in [3.05, 3.63) is 0 Å². The van der Waals surface area contributed by atoms with Crippen molar-refractivity contribution >= 4 is 27.9 Å². The quantitative estimate of drug-likeness (QED) is 0.0289. The fourth-order valence-electron chi connectivity index (χ4n) is 5.97. The highest BCUT2D eigenvalue weighted by Crippen LogP contribution is 2.22. The molecule has 3 unspecified atom stereocenters. The standard InChI is InChI=1S/C38H74BrNO4.2C2H6/c1-6-10-14-18-20-24-28-35(26-22-16-12-8-3)37(41)43-32-30-40(34(5)39)31-33-44-38(42)36(27-23-17-13-9-4)29-25-21-19-15-11-7-2;2*1-2/h34-36H,6-33H2,1-5H3;2*1-2H3. The van der Waals surface area contributed by atoms with Gasteiger partial charge in [-0.2, -0.15) is 0 Å². The molecule has 0 aliphatic rings. The summed E-state index contributed by atoms with van der Waals surface area (Å²) in [5.41, 5.74) is 0. The van der Waals surface area contributed by atoms with Gasteiger partial charge in [-0.25, -0.2) is 0 Å². The molecule has 48 heavy (non-hydrogen) atoms. The van der Waals surface area contributed by atoms with Gasteiger partial charge in [-0.3, -0.25) is 14.5 Å². The van der Waals surface area contributed by atoms with E-state index in [0.29, 0.717) is 26.3 Å². The molecule has 0 aliphatic carbocycles. The van der Waals surface area contributed by atoms with Crippen LogP contribution in [0.5, 0.6) is 0 Å². The highest BCUT2D eigenvalue weighted by atomic mass is 79.9. The van der Waals surface area contributed by atoms with E-state index in [2.05, 4.69) is 55.4 Å². The van der Waals surface area contributed by atoms with E-state index in [1.54, 1.807) is 0 Å². The Kier molecular flexibility index (Phi) is 45.9. The molecule has 290 valence electrons. The molecular formula is C42H86BrNO4. The zero-order valence-electron chi connectivity index (χ0n) is 34.0. The van der Waals surface area contributed by atoms with Gasteiger partial charge in [0, 0.05) is 13.1 Å². The number of carbonyl (C=O) groups is 2. The number of halogens is 1. The van der Waals surface area contributed by atoms with Crippen LogP contribution in [0, 0.1) is 11.8 Å². The first-order valence-electron chi connectivity index (χ1n) is 21.1. The van der Waals surface area contributed by atoms with Crippen LogP contribution in [-0.4, -0.2) is 48.1 Å². The molecule has 6 heteroatoms. The number of hydrogen-bond donors (Lipinski definition) is 0.